The Kier molecular flexibility index (Phi) is 4.98. The Balaban J connectivity index is 2.39. The standard InChI is InChI=1S/C16H20N2O5S/c1-5-11(2)12-6-8-13(9-7-12)23-24(21,22)14-10-17(3)16(20)18(4)15(14)19/h6-11H,5H2,1-4H3/t11-/m1/s1. The molecular weight excluding hydrogens is 332 g/mol. The number of hydrogen-bond acceptors (Lipinski definition) is 5. The molecule has 0 radical (unpaired) electrons. The molecular formula is C16H20N2O5S. The highest BCUT2D eigenvalue weighted by Gasteiger charge is 2.23. The zero-order valence-electron chi connectivity index (χ0n) is 14.0. The molecule has 0 aliphatic rings. The van der Waals surface area contributed by atoms with E-state index in [9.17, 15) is 18.0 Å². The number of hydrogen-bond donors (Lipinski definition) is 0. The summed E-state index contributed by atoms with van der Waals surface area (Å²) in [4.78, 5) is 23.1. The van der Waals surface area contributed by atoms with Crippen molar-refractivity contribution in [3.8, 4) is 5.75 Å². The van der Waals surface area contributed by atoms with E-state index < -0.39 is 26.3 Å². The SMILES string of the molecule is CC[C@@H](C)c1ccc(OS(=O)(=O)c2cn(C)c(=O)n(C)c2=O)cc1. The second-order valence-electron chi connectivity index (χ2n) is 5.67. The molecule has 130 valence electrons. The monoisotopic (exact) mass is 352 g/mol. The minimum absolute atomic E-state index is 0.109. The van der Waals surface area contributed by atoms with Crippen LogP contribution < -0.4 is 15.4 Å². The van der Waals surface area contributed by atoms with E-state index in [1.54, 1.807) is 24.3 Å². The molecule has 0 spiro atoms. The summed E-state index contributed by atoms with van der Waals surface area (Å²) in [5.74, 6) is 0.463. The first-order valence-electron chi connectivity index (χ1n) is 7.48. The molecule has 1 atom stereocenters. The quantitative estimate of drug-likeness (QED) is 0.759. The average Bonchev–Trinajstić information content (AvgIpc) is 2.55. The van der Waals surface area contributed by atoms with Crippen LogP contribution in [0.3, 0.4) is 0 Å². The van der Waals surface area contributed by atoms with Gasteiger partial charge in [-0.25, -0.2) is 4.79 Å². The van der Waals surface area contributed by atoms with E-state index in [-0.39, 0.29) is 5.75 Å². The van der Waals surface area contributed by atoms with Crippen molar-refractivity contribution in [2.45, 2.75) is 31.1 Å². The van der Waals surface area contributed by atoms with Crippen molar-refractivity contribution < 1.29 is 12.6 Å². The predicted molar refractivity (Wildman–Crippen MR) is 89.9 cm³/mol. The minimum atomic E-state index is -4.34. The summed E-state index contributed by atoms with van der Waals surface area (Å²) in [6, 6.07) is 6.67. The molecule has 0 fully saturated rings. The van der Waals surface area contributed by atoms with Gasteiger partial charge in [0.15, 0.2) is 4.90 Å². The summed E-state index contributed by atoms with van der Waals surface area (Å²) in [6.07, 6.45) is 1.93. The zero-order valence-corrected chi connectivity index (χ0v) is 14.8. The van der Waals surface area contributed by atoms with Crippen LogP contribution in [0.25, 0.3) is 0 Å². The summed E-state index contributed by atoms with van der Waals surface area (Å²) in [5.41, 5.74) is -0.466. The lowest BCUT2D eigenvalue weighted by Gasteiger charge is -2.11. The van der Waals surface area contributed by atoms with Crippen LogP contribution in [0, 0.1) is 0 Å². The van der Waals surface area contributed by atoms with Gasteiger partial charge in [-0.2, -0.15) is 8.42 Å². The van der Waals surface area contributed by atoms with Gasteiger partial charge in [-0.05, 0) is 30.0 Å². The number of nitrogens with zero attached hydrogens (tertiary/aromatic N) is 2. The number of benzene rings is 1. The summed E-state index contributed by atoms with van der Waals surface area (Å²) in [6.45, 7) is 4.13. The molecule has 0 saturated heterocycles. The van der Waals surface area contributed by atoms with Gasteiger partial charge in [-0.3, -0.25) is 9.36 Å². The second kappa shape index (κ2) is 6.64. The van der Waals surface area contributed by atoms with Crippen molar-refractivity contribution in [2.24, 2.45) is 14.1 Å². The average molecular weight is 352 g/mol. The van der Waals surface area contributed by atoms with Crippen molar-refractivity contribution in [3.63, 3.8) is 0 Å². The van der Waals surface area contributed by atoms with Gasteiger partial charge >= 0.3 is 15.8 Å². The molecule has 1 heterocycles. The van der Waals surface area contributed by atoms with Crippen molar-refractivity contribution in [3.05, 3.63) is 56.9 Å². The molecule has 0 bridgehead atoms. The zero-order chi connectivity index (χ0) is 18.1. The fourth-order valence-corrected chi connectivity index (χ4v) is 3.30. The molecule has 0 N–H and O–H groups in total. The van der Waals surface area contributed by atoms with Crippen LogP contribution in [0.4, 0.5) is 0 Å². The van der Waals surface area contributed by atoms with Crippen molar-refractivity contribution in [1.82, 2.24) is 9.13 Å². The van der Waals surface area contributed by atoms with E-state index >= 15 is 0 Å². The first-order chi connectivity index (χ1) is 11.2. The topological polar surface area (TPSA) is 87.4 Å². The highest BCUT2D eigenvalue weighted by Crippen LogP contribution is 2.23. The number of rotatable bonds is 5. The van der Waals surface area contributed by atoms with Crippen molar-refractivity contribution in [1.29, 1.82) is 0 Å². The maximum absolute atomic E-state index is 12.4. The largest absolute Gasteiger partial charge is 0.379 e. The second-order valence-corrected chi connectivity index (χ2v) is 7.18. The third-order valence-electron chi connectivity index (χ3n) is 3.95. The molecule has 1 aromatic carbocycles. The Hall–Kier alpha value is -2.35. The maximum Gasteiger partial charge on any atom is 0.346 e. The molecule has 8 heteroatoms. The van der Waals surface area contributed by atoms with E-state index in [0.29, 0.717) is 5.92 Å². The number of aromatic nitrogens is 2. The molecule has 2 aromatic rings. The van der Waals surface area contributed by atoms with Crippen LogP contribution >= 0.6 is 0 Å². The molecule has 7 nitrogen and oxygen atoms in total. The minimum Gasteiger partial charge on any atom is -0.379 e. The Bertz CT molecular complexity index is 955. The van der Waals surface area contributed by atoms with E-state index in [2.05, 4.69) is 13.8 Å². The van der Waals surface area contributed by atoms with Crippen molar-refractivity contribution in [2.75, 3.05) is 0 Å². The molecule has 0 amide bonds. The van der Waals surface area contributed by atoms with Gasteiger partial charge in [0.25, 0.3) is 5.56 Å². The van der Waals surface area contributed by atoms with E-state index in [4.69, 9.17) is 4.18 Å². The van der Waals surface area contributed by atoms with Gasteiger partial charge < -0.3 is 8.75 Å². The molecule has 1 aromatic heterocycles. The van der Waals surface area contributed by atoms with Crippen LogP contribution in [0.5, 0.6) is 5.75 Å². The lowest BCUT2D eigenvalue weighted by Crippen LogP contribution is -2.39. The summed E-state index contributed by atoms with van der Waals surface area (Å²) in [5, 5.41) is 0. The highest BCUT2D eigenvalue weighted by atomic mass is 32.2. The van der Waals surface area contributed by atoms with Crippen LogP contribution in [-0.4, -0.2) is 17.6 Å². The van der Waals surface area contributed by atoms with Gasteiger partial charge in [-0.1, -0.05) is 26.0 Å². The molecule has 2 rings (SSSR count). The fraction of sp³-hybridized carbons (Fsp3) is 0.375. The molecule has 24 heavy (non-hydrogen) atoms. The predicted octanol–water partition coefficient (Wildman–Crippen LogP) is 1.37. The van der Waals surface area contributed by atoms with Crippen LogP contribution in [0.15, 0.2) is 44.9 Å². The van der Waals surface area contributed by atoms with Crippen LogP contribution in [0.2, 0.25) is 0 Å². The third-order valence-corrected chi connectivity index (χ3v) is 5.18. The number of aryl methyl sites for hydroxylation is 1. The lowest BCUT2D eigenvalue weighted by atomic mass is 9.99. The van der Waals surface area contributed by atoms with Gasteiger partial charge in [0.2, 0.25) is 0 Å². The Morgan fingerprint density at radius 2 is 1.71 bits per heavy atom. The Morgan fingerprint density at radius 3 is 2.25 bits per heavy atom. The Morgan fingerprint density at radius 1 is 1.12 bits per heavy atom. The van der Waals surface area contributed by atoms with Crippen LogP contribution in [0.1, 0.15) is 31.7 Å². The fourth-order valence-electron chi connectivity index (χ4n) is 2.21. The van der Waals surface area contributed by atoms with E-state index in [0.717, 1.165) is 27.3 Å². The molecule has 0 saturated carbocycles. The van der Waals surface area contributed by atoms with Crippen molar-refractivity contribution >= 4 is 10.1 Å². The Labute approximate surface area is 140 Å². The summed E-state index contributed by atoms with van der Waals surface area (Å²) >= 11 is 0. The summed E-state index contributed by atoms with van der Waals surface area (Å²) < 4.78 is 31.5. The van der Waals surface area contributed by atoms with Gasteiger partial charge in [0, 0.05) is 20.3 Å². The molecule has 0 aliphatic carbocycles. The maximum atomic E-state index is 12.4. The third kappa shape index (κ3) is 3.43. The first-order valence-corrected chi connectivity index (χ1v) is 8.89. The lowest BCUT2D eigenvalue weighted by molar-refractivity contribution is 0.480. The van der Waals surface area contributed by atoms with Gasteiger partial charge in [-0.15, -0.1) is 0 Å². The van der Waals surface area contributed by atoms with E-state index in [1.165, 1.54) is 14.1 Å². The summed E-state index contributed by atoms with van der Waals surface area (Å²) in [7, 11) is -1.76. The van der Waals surface area contributed by atoms with Gasteiger partial charge in [0.05, 0.1) is 0 Å². The smallest absolute Gasteiger partial charge is 0.346 e. The van der Waals surface area contributed by atoms with Crippen LogP contribution in [-0.2, 0) is 24.2 Å². The highest BCUT2D eigenvalue weighted by molar-refractivity contribution is 7.87. The van der Waals surface area contributed by atoms with E-state index in [1.807, 2.05) is 0 Å². The first kappa shape index (κ1) is 18.0. The van der Waals surface area contributed by atoms with Gasteiger partial charge in [0.1, 0.15) is 5.75 Å². The molecule has 0 unspecified atom stereocenters. The normalized spacial score (nSPS) is 12.8. The molecule has 0 aliphatic heterocycles.